The van der Waals surface area contributed by atoms with E-state index in [1.165, 1.54) is 0 Å². The average molecular weight is 273 g/mol. The van der Waals surface area contributed by atoms with Gasteiger partial charge in [-0.3, -0.25) is 0 Å². The molecule has 0 aromatic heterocycles. The summed E-state index contributed by atoms with van der Waals surface area (Å²) >= 11 is 0. The molecule has 0 atom stereocenters. The van der Waals surface area contributed by atoms with Gasteiger partial charge in [-0.2, -0.15) is 13.2 Å². The van der Waals surface area contributed by atoms with Crippen molar-refractivity contribution >= 4 is 19.7 Å². The molecule has 0 radical (unpaired) electrons. The number of halogens is 4. The highest BCUT2D eigenvalue weighted by Gasteiger charge is 2.11. The molecule has 0 spiro atoms. The van der Waals surface area contributed by atoms with Crippen LogP contribution in [0.15, 0.2) is 41.3 Å². The Balaban J connectivity index is 2.93. The van der Waals surface area contributed by atoms with Gasteiger partial charge < -0.3 is 4.74 Å². The highest BCUT2D eigenvalue weighted by Crippen LogP contribution is 2.22. The monoisotopic (exact) mass is 272 g/mol. The maximum Gasteiger partial charge on any atom is 0.344 e. The molecule has 0 aliphatic rings. The molecule has 0 fully saturated rings. The highest BCUT2D eigenvalue weighted by atomic mass is 35.7. The number of hydrogen-bond acceptors (Lipinski definition) is 3. The number of benzene rings is 1. The van der Waals surface area contributed by atoms with E-state index in [4.69, 9.17) is 10.7 Å². The standard InChI is InChI=1S/C8H4ClF3O3S/c9-16(13,14)6-3-1-5(2-4-6)15-8(12)7(10)11/h1-4H. The molecule has 0 aliphatic carbocycles. The van der Waals surface area contributed by atoms with Crippen LogP contribution in [0.2, 0.25) is 0 Å². The van der Waals surface area contributed by atoms with Crippen molar-refractivity contribution in [3.8, 4) is 5.75 Å². The fourth-order valence-corrected chi connectivity index (χ4v) is 1.58. The van der Waals surface area contributed by atoms with E-state index >= 15 is 0 Å². The Hall–Kier alpha value is -1.21. The van der Waals surface area contributed by atoms with Crippen molar-refractivity contribution in [3.63, 3.8) is 0 Å². The van der Waals surface area contributed by atoms with Crippen molar-refractivity contribution in [2.24, 2.45) is 0 Å². The van der Waals surface area contributed by atoms with Crippen LogP contribution >= 0.6 is 10.7 Å². The van der Waals surface area contributed by atoms with E-state index in [1.54, 1.807) is 0 Å². The van der Waals surface area contributed by atoms with Crippen LogP contribution in [-0.2, 0) is 9.05 Å². The molecule has 1 rings (SSSR count). The molecule has 0 amide bonds. The zero-order valence-electron chi connectivity index (χ0n) is 7.45. The first kappa shape index (κ1) is 12.9. The maximum atomic E-state index is 12.3. The smallest absolute Gasteiger partial charge is 0.344 e. The van der Waals surface area contributed by atoms with Crippen LogP contribution in [0, 0.1) is 0 Å². The number of rotatable bonds is 3. The van der Waals surface area contributed by atoms with Crippen molar-refractivity contribution in [1.82, 2.24) is 0 Å². The van der Waals surface area contributed by atoms with Gasteiger partial charge in [0.15, 0.2) is 0 Å². The van der Waals surface area contributed by atoms with Crippen molar-refractivity contribution in [2.45, 2.75) is 4.90 Å². The molecule has 1 aromatic rings. The zero-order chi connectivity index (χ0) is 12.3. The summed E-state index contributed by atoms with van der Waals surface area (Å²) in [5.41, 5.74) is 0. The van der Waals surface area contributed by atoms with Crippen LogP contribution in [0.5, 0.6) is 5.75 Å². The summed E-state index contributed by atoms with van der Waals surface area (Å²) in [7, 11) is 1.09. The van der Waals surface area contributed by atoms with Gasteiger partial charge in [0.1, 0.15) is 5.75 Å². The highest BCUT2D eigenvalue weighted by molar-refractivity contribution is 8.13. The van der Waals surface area contributed by atoms with E-state index in [1.807, 2.05) is 0 Å². The van der Waals surface area contributed by atoms with Crippen LogP contribution in [0.3, 0.4) is 0 Å². The molecule has 16 heavy (non-hydrogen) atoms. The Morgan fingerprint density at radius 1 is 1.12 bits per heavy atom. The van der Waals surface area contributed by atoms with Crippen LogP contribution in [0.1, 0.15) is 0 Å². The largest absolute Gasteiger partial charge is 0.428 e. The lowest BCUT2D eigenvalue weighted by molar-refractivity contribution is 0.241. The van der Waals surface area contributed by atoms with Gasteiger partial charge in [-0.05, 0) is 24.3 Å². The molecule has 0 heterocycles. The Morgan fingerprint density at radius 3 is 2.00 bits per heavy atom. The zero-order valence-corrected chi connectivity index (χ0v) is 9.03. The first-order valence-electron chi connectivity index (χ1n) is 3.74. The summed E-state index contributed by atoms with van der Waals surface area (Å²) in [6.45, 7) is 0. The van der Waals surface area contributed by atoms with Gasteiger partial charge in [0.25, 0.3) is 9.05 Å². The van der Waals surface area contributed by atoms with Crippen molar-refractivity contribution in [3.05, 3.63) is 36.4 Å². The minimum absolute atomic E-state index is 0.244. The van der Waals surface area contributed by atoms with Crippen LogP contribution in [-0.4, -0.2) is 8.42 Å². The van der Waals surface area contributed by atoms with E-state index in [0.29, 0.717) is 0 Å². The SMILES string of the molecule is O=S(=O)(Cl)c1ccc(OC(F)=C(F)F)cc1. The fourth-order valence-electron chi connectivity index (χ4n) is 0.812. The predicted octanol–water partition coefficient (Wildman–Crippen LogP) is 3.03. The predicted molar refractivity (Wildman–Crippen MR) is 50.5 cm³/mol. The third kappa shape index (κ3) is 3.42. The summed E-state index contributed by atoms with van der Waals surface area (Å²) in [6.07, 6.45) is -2.60. The summed E-state index contributed by atoms with van der Waals surface area (Å²) in [5.74, 6) is -0.269. The summed E-state index contributed by atoms with van der Waals surface area (Å²) in [6, 6.07) is 1.96. The van der Waals surface area contributed by atoms with Crippen molar-refractivity contribution in [2.75, 3.05) is 0 Å². The second-order valence-corrected chi connectivity index (χ2v) is 5.11. The second kappa shape index (κ2) is 4.75. The molecule has 0 aliphatic heterocycles. The second-order valence-electron chi connectivity index (χ2n) is 2.55. The van der Waals surface area contributed by atoms with Crippen molar-refractivity contribution in [1.29, 1.82) is 0 Å². The molecule has 3 nitrogen and oxygen atoms in total. The Bertz CT molecular complexity index is 506. The quantitative estimate of drug-likeness (QED) is 0.627. The van der Waals surface area contributed by atoms with E-state index in [9.17, 15) is 21.6 Å². The van der Waals surface area contributed by atoms with Gasteiger partial charge in [-0.15, -0.1) is 0 Å². The molecular weight excluding hydrogens is 269 g/mol. The maximum absolute atomic E-state index is 12.3. The topological polar surface area (TPSA) is 43.4 Å². The van der Waals surface area contributed by atoms with Crippen LogP contribution in [0.4, 0.5) is 13.2 Å². The molecule has 0 bridgehead atoms. The van der Waals surface area contributed by atoms with Gasteiger partial charge in [0.05, 0.1) is 4.90 Å². The first-order chi connectivity index (χ1) is 7.30. The summed E-state index contributed by atoms with van der Waals surface area (Å²) < 4.78 is 61.3. The van der Waals surface area contributed by atoms with E-state index in [-0.39, 0.29) is 10.6 Å². The lowest BCUT2D eigenvalue weighted by atomic mass is 10.3. The molecule has 8 heteroatoms. The van der Waals surface area contributed by atoms with Gasteiger partial charge >= 0.3 is 12.1 Å². The third-order valence-electron chi connectivity index (χ3n) is 1.46. The number of hydrogen-bond donors (Lipinski definition) is 0. The molecule has 0 saturated carbocycles. The molecule has 1 aromatic carbocycles. The Labute approximate surface area is 93.5 Å². The lowest BCUT2D eigenvalue weighted by Gasteiger charge is -2.02. The molecule has 0 unspecified atom stereocenters. The van der Waals surface area contributed by atoms with Crippen LogP contribution in [0.25, 0.3) is 0 Å². The van der Waals surface area contributed by atoms with E-state index in [0.717, 1.165) is 24.3 Å². The normalized spacial score (nSPS) is 11.0. The van der Waals surface area contributed by atoms with E-state index in [2.05, 4.69) is 4.74 Å². The Kier molecular flexibility index (Phi) is 3.82. The average Bonchev–Trinajstić information content (AvgIpc) is 2.17. The lowest BCUT2D eigenvalue weighted by Crippen LogP contribution is -1.93. The Morgan fingerprint density at radius 2 is 1.62 bits per heavy atom. The molecule has 0 N–H and O–H groups in total. The third-order valence-corrected chi connectivity index (χ3v) is 2.83. The minimum Gasteiger partial charge on any atom is -0.428 e. The van der Waals surface area contributed by atoms with E-state index < -0.39 is 21.1 Å². The first-order valence-corrected chi connectivity index (χ1v) is 6.05. The summed E-state index contributed by atoms with van der Waals surface area (Å²) in [5, 5.41) is 0. The number of ether oxygens (including phenoxy) is 1. The van der Waals surface area contributed by atoms with Gasteiger partial charge in [0.2, 0.25) is 0 Å². The molecular formula is C8H4ClF3O3S. The van der Waals surface area contributed by atoms with Gasteiger partial charge in [0, 0.05) is 10.7 Å². The fraction of sp³-hybridized carbons (Fsp3) is 0. The van der Waals surface area contributed by atoms with Crippen molar-refractivity contribution < 1.29 is 26.3 Å². The van der Waals surface area contributed by atoms with Gasteiger partial charge in [-0.1, -0.05) is 0 Å². The minimum atomic E-state index is -3.90. The van der Waals surface area contributed by atoms with Gasteiger partial charge in [-0.25, -0.2) is 8.42 Å². The van der Waals surface area contributed by atoms with Crippen LogP contribution < -0.4 is 4.74 Å². The summed E-state index contributed by atoms with van der Waals surface area (Å²) in [4.78, 5) is -0.244. The molecule has 88 valence electrons. The molecule has 0 saturated heterocycles.